The third kappa shape index (κ3) is 4.17. The molecule has 1 aromatic heterocycles. The summed E-state index contributed by atoms with van der Waals surface area (Å²) in [6.45, 7) is 1.96. The molecule has 2 aromatic rings. The third-order valence-corrected chi connectivity index (χ3v) is 4.25. The van der Waals surface area contributed by atoms with Crippen LogP contribution in [-0.4, -0.2) is 29.9 Å². The fourth-order valence-electron chi connectivity index (χ4n) is 2.59. The van der Waals surface area contributed by atoms with Gasteiger partial charge in [-0.15, -0.1) is 0 Å². The second kappa shape index (κ2) is 7.53. The van der Waals surface area contributed by atoms with E-state index in [1.54, 1.807) is 12.1 Å². The maximum atomic E-state index is 12.1. The van der Waals surface area contributed by atoms with E-state index in [9.17, 15) is 9.59 Å². The number of urea groups is 1. The maximum absolute atomic E-state index is 12.1. The number of carbonyl (C=O) groups excluding carboxylic acids is 2. The van der Waals surface area contributed by atoms with Crippen molar-refractivity contribution >= 4 is 33.6 Å². The number of amides is 3. The Morgan fingerprint density at radius 2 is 1.96 bits per heavy atom. The Hall–Kier alpha value is -2.28. The first-order valence-electron chi connectivity index (χ1n) is 7.80. The highest BCUT2D eigenvalue weighted by molar-refractivity contribution is 9.10. The zero-order valence-electron chi connectivity index (χ0n) is 13.0. The van der Waals surface area contributed by atoms with Gasteiger partial charge in [0.05, 0.1) is 0 Å². The van der Waals surface area contributed by atoms with Crippen molar-refractivity contribution in [1.82, 2.24) is 10.2 Å². The first-order chi connectivity index (χ1) is 11.6. The lowest BCUT2D eigenvalue weighted by molar-refractivity contribution is 0.0922. The van der Waals surface area contributed by atoms with Gasteiger partial charge in [-0.2, -0.15) is 0 Å². The number of benzene rings is 1. The molecular weight excluding hydrogens is 374 g/mol. The molecule has 0 unspecified atom stereocenters. The van der Waals surface area contributed by atoms with E-state index in [0.717, 1.165) is 37.2 Å². The second-order valence-corrected chi connectivity index (χ2v) is 6.39. The lowest BCUT2D eigenvalue weighted by Crippen LogP contribution is -2.32. The van der Waals surface area contributed by atoms with Crippen molar-refractivity contribution in [2.24, 2.45) is 0 Å². The second-order valence-electron chi connectivity index (χ2n) is 5.61. The minimum absolute atomic E-state index is 0.0749. The zero-order chi connectivity index (χ0) is 16.9. The lowest BCUT2D eigenvalue weighted by Gasteiger charge is -2.16. The number of nitrogens with zero attached hydrogens (tertiary/aromatic N) is 1. The van der Waals surface area contributed by atoms with Crippen LogP contribution >= 0.6 is 15.9 Å². The van der Waals surface area contributed by atoms with E-state index in [4.69, 9.17) is 4.42 Å². The molecular formula is C17H18BrN3O3. The Balaban J connectivity index is 1.56. The van der Waals surface area contributed by atoms with Gasteiger partial charge in [-0.25, -0.2) is 4.79 Å². The fourth-order valence-corrected chi connectivity index (χ4v) is 2.89. The molecule has 0 saturated carbocycles. The van der Waals surface area contributed by atoms with Gasteiger partial charge < -0.3 is 20.0 Å². The highest BCUT2D eigenvalue weighted by atomic mass is 79.9. The number of carbonyl (C=O) groups is 2. The average molecular weight is 392 g/mol. The Labute approximate surface area is 148 Å². The number of anilines is 1. The van der Waals surface area contributed by atoms with Crippen LogP contribution in [0.1, 0.15) is 29.0 Å². The van der Waals surface area contributed by atoms with Crippen LogP contribution in [0.25, 0.3) is 0 Å². The van der Waals surface area contributed by atoms with Gasteiger partial charge in [-0.1, -0.05) is 12.1 Å². The molecule has 0 aliphatic carbocycles. The molecule has 1 saturated heterocycles. The highest BCUT2D eigenvalue weighted by Crippen LogP contribution is 2.16. The molecule has 2 heterocycles. The van der Waals surface area contributed by atoms with Crippen LogP contribution in [-0.2, 0) is 6.54 Å². The summed E-state index contributed by atoms with van der Waals surface area (Å²) >= 11 is 3.17. The monoisotopic (exact) mass is 391 g/mol. The molecule has 2 N–H and O–H groups in total. The molecule has 1 aliphatic rings. The van der Waals surface area contributed by atoms with Gasteiger partial charge in [0.2, 0.25) is 0 Å². The SMILES string of the molecule is O=C(NCc1cccc(NC(=O)N2CCCC2)c1)c1ccc(Br)o1. The summed E-state index contributed by atoms with van der Waals surface area (Å²) in [7, 11) is 0. The predicted octanol–water partition coefficient (Wildman–Crippen LogP) is 3.60. The number of nitrogens with one attached hydrogen (secondary N) is 2. The smallest absolute Gasteiger partial charge is 0.321 e. The lowest BCUT2D eigenvalue weighted by atomic mass is 10.2. The molecule has 6 nitrogen and oxygen atoms in total. The van der Waals surface area contributed by atoms with Crippen molar-refractivity contribution in [3.05, 3.63) is 52.4 Å². The predicted molar refractivity (Wildman–Crippen MR) is 93.8 cm³/mol. The molecule has 1 aromatic carbocycles. The molecule has 0 atom stereocenters. The topological polar surface area (TPSA) is 74.6 Å². The molecule has 7 heteroatoms. The minimum Gasteiger partial charge on any atom is -0.444 e. The number of rotatable bonds is 4. The average Bonchev–Trinajstić information content (AvgIpc) is 3.24. The molecule has 126 valence electrons. The molecule has 3 amide bonds. The molecule has 24 heavy (non-hydrogen) atoms. The van der Waals surface area contributed by atoms with Crippen molar-refractivity contribution in [2.45, 2.75) is 19.4 Å². The summed E-state index contributed by atoms with van der Waals surface area (Å²) in [5.74, 6) is -0.0347. The van der Waals surface area contributed by atoms with Gasteiger partial charge in [-0.3, -0.25) is 4.79 Å². The minimum atomic E-state index is -0.285. The van der Waals surface area contributed by atoms with E-state index in [1.165, 1.54) is 0 Å². The largest absolute Gasteiger partial charge is 0.444 e. The molecule has 3 rings (SSSR count). The Bertz CT molecular complexity index is 738. The summed E-state index contributed by atoms with van der Waals surface area (Å²) in [6.07, 6.45) is 2.12. The summed E-state index contributed by atoms with van der Waals surface area (Å²) in [5, 5.41) is 5.68. The molecule has 1 aliphatic heterocycles. The highest BCUT2D eigenvalue weighted by Gasteiger charge is 2.17. The molecule has 0 radical (unpaired) electrons. The Morgan fingerprint density at radius 1 is 1.17 bits per heavy atom. The summed E-state index contributed by atoms with van der Waals surface area (Å²) in [6, 6.07) is 10.6. The summed E-state index contributed by atoms with van der Waals surface area (Å²) in [4.78, 5) is 25.9. The van der Waals surface area contributed by atoms with Crippen molar-refractivity contribution in [3.63, 3.8) is 0 Å². The standard InChI is InChI=1S/C17H18BrN3O3/c18-15-7-6-14(24-15)16(22)19-11-12-4-3-5-13(10-12)20-17(23)21-8-1-2-9-21/h3-7,10H,1-2,8-9,11H2,(H,19,22)(H,20,23). The van der Waals surface area contributed by atoms with Gasteiger partial charge >= 0.3 is 6.03 Å². The number of likely N-dealkylation sites (tertiary alicyclic amines) is 1. The molecule has 0 bridgehead atoms. The normalized spacial score (nSPS) is 13.8. The van der Waals surface area contributed by atoms with Crippen LogP contribution in [0.15, 0.2) is 45.5 Å². The van der Waals surface area contributed by atoms with Crippen LogP contribution < -0.4 is 10.6 Å². The van der Waals surface area contributed by atoms with Gasteiger partial charge in [0.1, 0.15) is 0 Å². The van der Waals surface area contributed by atoms with Crippen LogP contribution in [0.3, 0.4) is 0 Å². The van der Waals surface area contributed by atoms with E-state index in [-0.39, 0.29) is 17.7 Å². The number of furan rings is 1. The zero-order valence-corrected chi connectivity index (χ0v) is 14.6. The van der Waals surface area contributed by atoms with Gasteiger partial charge in [-0.05, 0) is 58.6 Å². The summed E-state index contributed by atoms with van der Waals surface area (Å²) < 4.78 is 5.72. The van der Waals surface area contributed by atoms with Crippen molar-refractivity contribution in [2.75, 3.05) is 18.4 Å². The van der Waals surface area contributed by atoms with E-state index >= 15 is 0 Å². The van der Waals surface area contributed by atoms with Gasteiger partial charge in [0, 0.05) is 25.3 Å². The van der Waals surface area contributed by atoms with Crippen molar-refractivity contribution in [1.29, 1.82) is 0 Å². The van der Waals surface area contributed by atoms with Gasteiger partial charge in [0.15, 0.2) is 10.4 Å². The van der Waals surface area contributed by atoms with Crippen LogP contribution in [0.2, 0.25) is 0 Å². The van der Waals surface area contributed by atoms with Crippen LogP contribution in [0.4, 0.5) is 10.5 Å². The van der Waals surface area contributed by atoms with Gasteiger partial charge in [0.25, 0.3) is 5.91 Å². The van der Waals surface area contributed by atoms with Crippen molar-refractivity contribution in [3.8, 4) is 0 Å². The number of hydrogen-bond donors (Lipinski definition) is 2. The first kappa shape index (κ1) is 16.6. The maximum Gasteiger partial charge on any atom is 0.321 e. The quantitative estimate of drug-likeness (QED) is 0.835. The van der Waals surface area contributed by atoms with Crippen LogP contribution in [0, 0.1) is 0 Å². The Morgan fingerprint density at radius 3 is 2.67 bits per heavy atom. The fraction of sp³-hybridized carbons (Fsp3) is 0.294. The van der Waals surface area contributed by atoms with Crippen molar-refractivity contribution < 1.29 is 14.0 Å². The molecule has 1 fully saturated rings. The molecule has 0 spiro atoms. The first-order valence-corrected chi connectivity index (χ1v) is 8.59. The summed E-state index contributed by atoms with van der Waals surface area (Å²) in [5.41, 5.74) is 1.62. The van der Waals surface area contributed by atoms with E-state index in [1.807, 2.05) is 29.2 Å². The Kier molecular flexibility index (Phi) is 5.20. The number of hydrogen-bond acceptors (Lipinski definition) is 3. The van der Waals surface area contributed by atoms with E-state index in [0.29, 0.717) is 11.2 Å². The third-order valence-electron chi connectivity index (χ3n) is 3.82. The number of halogens is 1. The van der Waals surface area contributed by atoms with E-state index in [2.05, 4.69) is 26.6 Å². The van der Waals surface area contributed by atoms with Crippen LogP contribution in [0.5, 0.6) is 0 Å². The van der Waals surface area contributed by atoms with E-state index < -0.39 is 0 Å².